The van der Waals surface area contributed by atoms with E-state index in [0.717, 1.165) is 17.5 Å². The van der Waals surface area contributed by atoms with Gasteiger partial charge in [-0.2, -0.15) is 0 Å². The van der Waals surface area contributed by atoms with Gasteiger partial charge in [-0.3, -0.25) is 19.3 Å². The number of carbonyl (C=O) groups excluding carboxylic acids is 2. The van der Waals surface area contributed by atoms with Gasteiger partial charge in [0.15, 0.2) is 0 Å². The summed E-state index contributed by atoms with van der Waals surface area (Å²) in [6.45, 7) is 13.1. The highest BCUT2D eigenvalue weighted by molar-refractivity contribution is 6.21. The van der Waals surface area contributed by atoms with E-state index < -0.39 is 0 Å². The molecule has 1 aliphatic heterocycles. The summed E-state index contributed by atoms with van der Waals surface area (Å²) in [5.74, 6) is 0.104. The molecule has 1 heterocycles. The normalized spacial score (nSPS) is 13.6. The zero-order valence-corrected chi connectivity index (χ0v) is 20.2. The second-order valence-corrected chi connectivity index (χ2v) is 9.04. The van der Waals surface area contributed by atoms with Gasteiger partial charge in [-0.15, -0.1) is 0 Å². The molecule has 2 amide bonds. The lowest BCUT2D eigenvalue weighted by molar-refractivity contribution is -0.122. The predicted molar refractivity (Wildman–Crippen MR) is 131 cm³/mol. The van der Waals surface area contributed by atoms with Crippen molar-refractivity contribution in [2.75, 3.05) is 13.2 Å². The van der Waals surface area contributed by atoms with Gasteiger partial charge >= 0.3 is 0 Å². The number of carboxylic acid groups (broad SMARTS) is 1. The van der Waals surface area contributed by atoms with E-state index in [1.165, 1.54) is 4.90 Å². The molecule has 0 bridgehead atoms. The Hall–Kier alpha value is -3.45. The number of benzene rings is 2. The molecular formula is C27H33NO6. The third-order valence-electron chi connectivity index (χ3n) is 5.72. The average molecular weight is 468 g/mol. The molecule has 182 valence electrons. The van der Waals surface area contributed by atoms with Crippen LogP contribution in [-0.4, -0.2) is 47.5 Å². The third-order valence-corrected chi connectivity index (χ3v) is 5.72. The Bertz CT molecular complexity index is 1010. The van der Waals surface area contributed by atoms with Crippen molar-refractivity contribution >= 4 is 24.4 Å². The van der Waals surface area contributed by atoms with Gasteiger partial charge in [-0.05, 0) is 41.7 Å². The van der Waals surface area contributed by atoms with Crippen LogP contribution < -0.4 is 4.74 Å². The molecule has 0 saturated carbocycles. The average Bonchev–Trinajstić information content (AvgIpc) is 3.05. The van der Waals surface area contributed by atoms with Crippen LogP contribution in [0.4, 0.5) is 0 Å². The number of fused-ring (bicyclic) bond motifs is 1. The first-order valence-corrected chi connectivity index (χ1v) is 11.2. The first-order valence-electron chi connectivity index (χ1n) is 11.2. The van der Waals surface area contributed by atoms with E-state index in [2.05, 4.69) is 6.58 Å². The van der Waals surface area contributed by atoms with E-state index in [9.17, 15) is 9.59 Å². The summed E-state index contributed by atoms with van der Waals surface area (Å²) in [5.41, 5.74) is 2.86. The Morgan fingerprint density at radius 2 is 1.65 bits per heavy atom. The topological polar surface area (TPSA) is 93.1 Å². The molecule has 1 aliphatic rings. The zero-order chi connectivity index (χ0) is 25.3. The number of hydrogen-bond donors (Lipinski definition) is 1. The molecule has 0 unspecified atom stereocenters. The smallest absolute Gasteiger partial charge is 0.290 e. The van der Waals surface area contributed by atoms with Crippen molar-refractivity contribution in [2.24, 2.45) is 5.41 Å². The second-order valence-electron chi connectivity index (χ2n) is 9.04. The Balaban J connectivity index is 0.00000129. The van der Waals surface area contributed by atoms with Gasteiger partial charge in [0.1, 0.15) is 5.75 Å². The monoisotopic (exact) mass is 467 g/mol. The first-order chi connectivity index (χ1) is 16.1. The maximum atomic E-state index is 12.9. The van der Waals surface area contributed by atoms with Gasteiger partial charge < -0.3 is 14.6 Å². The van der Waals surface area contributed by atoms with Gasteiger partial charge in [-0.25, -0.2) is 0 Å². The van der Waals surface area contributed by atoms with Gasteiger partial charge in [-0.1, -0.05) is 57.7 Å². The Labute approximate surface area is 201 Å². The van der Waals surface area contributed by atoms with Crippen LogP contribution in [-0.2, 0) is 16.1 Å². The summed E-state index contributed by atoms with van der Waals surface area (Å²) < 4.78 is 11.5. The molecule has 0 radical (unpaired) electrons. The first kappa shape index (κ1) is 26.8. The van der Waals surface area contributed by atoms with Crippen LogP contribution in [0.3, 0.4) is 0 Å². The molecule has 34 heavy (non-hydrogen) atoms. The molecular weight excluding hydrogens is 434 g/mol. The van der Waals surface area contributed by atoms with E-state index in [0.29, 0.717) is 36.7 Å². The fourth-order valence-corrected chi connectivity index (χ4v) is 3.36. The lowest BCUT2D eigenvalue weighted by atomic mass is 9.87. The Morgan fingerprint density at radius 3 is 2.24 bits per heavy atom. The molecule has 2 aromatic carbocycles. The van der Waals surface area contributed by atoms with E-state index in [1.807, 2.05) is 58.0 Å². The fourth-order valence-electron chi connectivity index (χ4n) is 3.36. The molecule has 1 N–H and O–H groups in total. The molecule has 1 atom stereocenters. The summed E-state index contributed by atoms with van der Waals surface area (Å²) >= 11 is 0. The van der Waals surface area contributed by atoms with Gasteiger partial charge in [0.2, 0.25) is 0 Å². The molecule has 3 rings (SSSR count). The summed E-state index contributed by atoms with van der Waals surface area (Å²) in [6, 6.07) is 13.0. The summed E-state index contributed by atoms with van der Waals surface area (Å²) in [4.78, 5) is 35.3. The summed E-state index contributed by atoms with van der Waals surface area (Å²) in [6.07, 6.45) is 2.54. The lowest BCUT2D eigenvalue weighted by Crippen LogP contribution is -2.45. The number of nitrogens with zero attached hydrogens (tertiary/aromatic N) is 1. The number of rotatable bonds is 9. The highest BCUT2D eigenvalue weighted by Crippen LogP contribution is 2.33. The maximum absolute atomic E-state index is 12.9. The van der Waals surface area contributed by atoms with Gasteiger partial charge in [0.25, 0.3) is 18.3 Å². The SMILES string of the molecule is C=Cc1ccc(COCCCOc2ccc3c(c2)C(=O)N([C@H](C)C(C)(C)C)C3=O)cc1.O=CO. The molecule has 0 saturated heterocycles. The quantitative estimate of drug-likeness (QED) is 0.315. The van der Waals surface area contributed by atoms with Crippen LogP contribution in [0.5, 0.6) is 5.75 Å². The highest BCUT2D eigenvalue weighted by atomic mass is 16.5. The molecule has 0 aromatic heterocycles. The zero-order valence-electron chi connectivity index (χ0n) is 20.2. The summed E-state index contributed by atoms with van der Waals surface area (Å²) in [5, 5.41) is 6.89. The summed E-state index contributed by atoms with van der Waals surface area (Å²) in [7, 11) is 0. The number of amides is 2. The van der Waals surface area contributed by atoms with Gasteiger partial charge in [0.05, 0.1) is 30.9 Å². The second kappa shape index (κ2) is 12.1. The lowest BCUT2D eigenvalue weighted by Gasteiger charge is -2.33. The van der Waals surface area contributed by atoms with E-state index in [4.69, 9.17) is 19.4 Å². The number of carbonyl (C=O) groups is 3. The van der Waals surface area contributed by atoms with Crippen molar-refractivity contribution < 1.29 is 29.0 Å². The van der Waals surface area contributed by atoms with Crippen molar-refractivity contribution in [3.8, 4) is 5.75 Å². The van der Waals surface area contributed by atoms with E-state index >= 15 is 0 Å². The van der Waals surface area contributed by atoms with Crippen molar-refractivity contribution in [1.29, 1.82) is 0 Å². The maximum Gasteiger partial charge on any atom is 0.290 e. The predicted octanol–water partition coefficient (Wildman–Crippen LogP) is 5.05. The van der Waals surface area contributed by atoms with E-state index in [1.54, 1.807) is 18.2 Å². The van der Waals surface area contributed by atoms with Crippen molar-refractivity contribution in [3.63, 3.8) is 0 Å². The highest BCUT2D eigenvalue weighted by Gasteiger charge is 2.42. The van der Waals surface area contributed by atoms with Crippen LogP contribution in [0.1, 0.15) is 66.0 Å². The molecule has 0 fully saturated rings. The number of imide groups is 1. The van der Waals surface area contributed by atoms with Crippen LogP contribution in [0, 0.1) is 5.41 Å². The molecule has 7 nitrogen and oxygen atoms in total. The molecule has 7 heteroatoms. The third kappa shape index (κ3) is 6.78. The minimum Gasteiger partial charge on any atom is -0.493 e. The molecule has 0 aliphatic carbocycles. The van der Waals surface area contributed by atoms with Gasteiger partial charge in [0, 0.05) is 12.5 Å². The van der Waals surface area contributed by atoms with Crippen molar-refractivity contribution in [2.45, 2.75) is 46.8 Å². The standard InChI is InChI=1S/C26H31NO4.CH2O2/c1-6-19-8-10-20(11-9-19)17-30-14-7-15-31-21-12-13-22-23(16-21)25(29)27(24(22)28)18(2)26(3,4)5;2-1-3/h6,8-13,16,18H,1,7,14-15,17H2,2-5H3;1H,(H,2,3)/t18-;/m1./s1. The number of hydrogen-bond acceptors (Lipinski definition) is 5. The van der Waals surface area contributed by atoms with Crippen LogP contribution in [0.2, 0.25) is 0 Å². The minimum absolute atomic E-state index is 0.194. The van der Waals surface area contributed by atoms with Crippen molar-refractivity contribution in [3.05, 3.63) is 71.3 Å². The van der Waals surface area contributed by atoms with Crippen LogP contribution >= 0.6 is 0 Å². The fraction of sp³-hybridized carbons (Fsp3) is 0.370. The van der Waals surface area contributed by atoms with E-state index in [-0.39, 0.29) is 29.7 Å². The van der Waals surface area contributed by atoms with Crippen LogP contribution in [0.15, 0.2) is 49.0 Å². The Kier molecular flexibility index (Phi) is 9.57. The number of ether oxygens (including phenoxy) is 2. The molecule has 2 aromatic rings. The van der Waals surface area contributed by atoms with Crippen molar-refractivity contribution in [1.82, 2.24) is 4.90 Å². The Morgan fingerprint density at radius 1 is 1.03 bits per heavy atom. The molecule has 0 spiro atoms. The largest absolute Gasteiger partial charge is 0.493 e. The minimum atomic E-state index is -0.251. The van der Waals surface area contributed by atoms with Crippen LogP contribution in [0.25, 0.3) is 6.08 Å².